The quantitative estimate of drug-likeness (QED) is 0.687. The first-order valence-electron chi connectivity index (χ1n) is 3.49. The van der Waals surface area contributed by atoms with Gasteiger partial charge < -0.3 is 5.32 Å². The largest absolute Gasteiger partial charge is 0.471 e. The molecule has 1 aliphatic rings. The lowest BCUT2D eigenvalue weighted by molar-refractivity contribution is -0.173. The molecule has 8 heteroatoms. The first kappa shape index (κ1) is 11.0. The Morgan fingerprint density at radius 2 is 2.00 bits per heavy atom. The first-order chi connectivity index (χ1) is 6.21. The molecule has 0 saturated heterocycles. The summed E-state index contributed by atoms with van der Waals surface area (Å²) in [6.45, 7) is 0. The molecule has 1 aliphatic heterocycles. The monoisotopic (exact) mass is 229 g/mol. The van der Waals surface area contributed by atoms with Crippen molar-refractivity contribution in [2.24, 2.45) is 0 Å². The van der Waals surface area contributed by atoms with Crippen molar-refractivity contribution in [1.82, 2.24) is 5.32 Å². The smallest absolute Gasteiger partial charge is 0.341 e. The molecular weight excluding hydrogens is 223 g/mol. The van der Waals surface area contributed by atoms with Crippen molar-refractivity contribution in [3.63, 3.8) is 0 Å². The Labute approximate surface area is 77.7 Å². The molecule has 1 rings (SSSR count). The fourth-order valence-corrected chi connectivity index (χ4v) is 2.15. The van der Waals surface area contributed by atoms with Crippen LogP contribution in [0.2, 0.25) is 0 Å². The summed E-state index contributed by atoms with van der Waals surface area (Å²) in [4.78, 5) is 10.4. The highest BCUT2D eigenvalue weighted by atomic mass is 32.2. The molecule has 1 amide bonds. The molecule has 0 aromatic heterocycles. The van der Waals surface area contributed by atoms with Crippen molar-refractivity contribution in [1.29, 1.82) is 0 Å². The van der Waals surface area contributed by atoms with Gasteiger partial charge in [-0.2, -0.15) is 13.2 Å². The molecule has 0 aromatic rings. The van der Waals surface area contributed by atoms with Gasteiger partial charge in [-0.3, -0.25) is 4.79 Å². The molecule has 0 aliphatic carbocycles. The van der Waals surface area contributed by atoms with E-state index in [1.165, 1.54) is 0 Å². The minimum absolute atomic E-state index is 0.519. The van der Waals surface area contributed by atoms with E-state index in [9.17, 15) is 26.4 Å². The van der Waals surface area contributed by atoms with Crippen LogP contribution >= 0.6 is 0 Å². The van der Waals surface area contributed by atoms with Gasteiger partial charge in [-0.15, -0.1) is 0 Å². The van der Waals surface area contributed by atoms with Gasteiger partial charge in [0.1, 0.15) is 0 Å². The Kier molecular flexibility index (Phi) is 2.57. The molecule has 1 heterocycles. The average Bonchev–Trinajstić information content (AvgIpc) is 2.28. The SMILES string of the molecule is O=C(NC1C=CS(=O)(=O)C1)C(F)(F)F. The Hall–Kier alpha value is -1.05. The predicted molar refractivity (Wildman–Crippen MR) is 40.9 cm³/mol. The van der Waals surface area contributed by atoms with Crippen LogP contribution in [0.15, 0.2) is 11.5 Å². The van der Waals surface area contributed by atoms with E-state index in [-0.39, 0.29) is 0 Å². The minimum atomic E-state index is -4.99. The Bertz CT molecular complexity index is 370. The average molecular weight is 229 g/mol. The van der Waals surface area contributed by atoms with Crippen LogP contribution in [-0.4, -0.2) is 32.3 Å². The molecule has 1 unspecified atom stereocenters. The van der Waals surface area contributed by atoms with Crippen molar-refractivity contribution < 1.29 is 26.4 Å². The number of alkyl halides is 3. The standard InChI is InChI=1S/C6H6F3NO3S/c7-6(8,9)5(11)10-4-1-2-14(12,13)3-4/h1-2,4H,3H2,(H,10,11). The second kappa shape index (κ2) is 3.26. The number of halogens is 3. The highest BCUT2D eigenvalue weighted by molar-refractivity contribution is 7.94. The molecular formula is C6H6F3NO3S. The second-order valence-corrected chi connectivity index (χ2v) is 4.67. The van der Waals surface area contributed by atoms with E-state index >= 15 is 0 Å². The third-order valence-corrected chi connectivity index (χ3v) is 2.90. The Morgan fingerprint density at radius 3 is 2.36 bits per heavy atom. The highest BCUT2D eigenvalue weighted by Gasteiger charge is 2.40. The summed E-state index contributed by atoms with van der Waals surface area (Å²) in [5.74, 6) is -2.65. The fraction of sp³-hybridized carbons (Fsp3) is 0.500. The Morgan fingerprint density at radius 1 is 1.43 bits per heavy atom. The number of hydrogen-bond donors (Lipinski definition) is 1. The summed E-state index contributed by atoms with van der Waals surface area (Å²) < 4.78 is 56.6. The van der Waals surface area contributed by atoms with E-state index < -0.39 is 33.7 Å². The summed E-state index contributed by atoms with van der Waals surface area (Å²) in [6, 6.07) is -1.09. The lowest BCUT2D eigenvalue weighted by Gasteiger charge is -2.11. The van der Waals surface area contributed by atoms with Gasteiger partial charge in [0.2, 0.25) is 0 Å². The second-order valence-electron chi connectivity index (χ2n) is 2.74. The number of carbonyl (C=O) groups excluding carboxylic acids is 1. The van der Waals surface area contributed by atoms with E-state index in [4.69, 9.17) is 0 Å². The molecule has 14 heavy (non-hydrogen) atoms. The van der Waals surface area contributed by atoms with E-state index in [2.05, 4.69) is 0 Å². The number of amides is 1. The van der Waals surface area contributed by atoms with Gasteiger partial charge in [-0.1, -0.05) is 0 Å². The van der Waals surface area contributed by atoms with E-state index in [0.717, 1.165) is 11.5 Å². The Balaban J connectivity index is 2.58. The summed E-state index contributed by atoms with van der Waals surface area (Å²) in [6.07, 6.45) is -3.97. The number of rotatable bonds is 1. The third kappa shape index (κ3) is 2.72. The maximum absolute atomic E-state index is 11.7. The number of sulfone groups is 1. The van der Waals surface area contributed by atoms with E-state index in [1.54, 1.807) is 5.32 Å². The molecule has 0 fully saturated rings. The van der Waals surface area contributed by atoms with E-state index in [0.29, 0.717) is 0 Å². The molecule has 4 nitrogen and oxygen atoms in total. The predicted octanol–water partition coefficient (Wildman–Crippen LogP) is -0.0244. The van der Waals surface area contributed by atoms with Crippen molar-refractivity contribution in [3.8, 4) is 0 Å². The summed E-state index contributed by atoms with van der Waals surface area (Å²) in [5.41, 5.74) is 0. The van der Waals surface area contributed by atoms with Crippen molar-refractivity contribution in [2.75, 3.05) is 5.75 Å². The van der Waals surface area contributed by atoms with Gasteiger partial charge >= 0.3 is 12.1 Å². The van der Waals surface area contributed by atoms with Crippen LogP contribution in [-0.2, 0) is 14.6 Å². The van der Waals surface area contributed by atoms with Gasteiger partial charge in [0.25, 0.3) is 0 Å². The van der Waals surface area contributed by atoms with Crippen LogP contribution in [0.1, 0.15) is 0 Å². The normalized spacial score (nSPS) is 24.9. The maximum atomic E-state index is 11.7. The molecule has 0 bridgehead atoms. The molecule has 0 saturated carbocycles. The number of nitrogens with one attached hydrogen (secondary N) is 1. The topological polar surface area (TPSA) is 63.2 Å². The minimum Gasteiger partial charge on any atom is -0.341 e. The zero-order chi connectivity index (χ0) is 11.0. The molecule has 80 valence electrons. The number of carbonyl (C=O) groups is 1. The van der Waals surface area contributed by atoms with Crippen LogP contribution in [0.25, 0.3) is 0 Å². The van der Waals surface area contributed by atoms with Crippen LogP contribution in [0.3, 0.4) is 0 Å². The molecule has 0 aromatic carbocycles. The number of hydrogen-bond acceptors (Lipinski definition) is 3. The van der Waals surface area contributed by atoms with Crippen LogP contribution in [0, 0.1) is 0 Å². The van der Waals surface area contributed by atoms with Crippen molar-refractivity contribution in [2.45, 2.75) is 12.2 Å². The van der Waals surface area contributed by atoms with Crippen molar-refractivity contribution in [3.05, 3.63) is 11.5 Å². The zero-order valence-electron chi connectivity index (χ0n) is 6.71. The summed E-state index contributed by atoms with van der Waals surface area (Å²) in [5, 5.41) is 2.33. The lowest BCUT2D eigenvalue weighted by atomic mass is 10.3. The van der Waals surface area contributed by atoms with Crippen LogP contribution < -0.4 is 5.32 Å². The first-order valence-corrected chi connectivity index (χ1v) is 5.21. The highest BCUT2D eigenvalue weighted by Crippen LogP contribution is 2.16. The summed E-state index contributed by atoms with van der Waals surface area (Å²) in [7, 11) is -3.45. The molecule has 0 radical (unpaired) electrons. The molecule has 0 spiro atoms. The van der Waals surface area contributed by atoms with Crippen LogP contribution in [0.4, 0.5) is 13.2 Å². The summed E-state index contributed by atoms with van der Waals surface area (Å²) >= 11 is 0. The lowest BCUT2D eigenvalue weighted by Crippen LogP contribution is -2.43. The van der Waals surface area contributed by atoms with Crippen molar-refractivity contribution >= 4 is 15.7 Å². The van der Waals surface area contributed by atoms with Crippen LogP contribution in [0.5, 0.6) is 0 Å². The molecule has 1 N–H and O–H groups in total. The third-order valence-electron chi connectivity index (χ3n) is 1.50. The van der Waals surface area contributed by atoms with Gasteiger partial charge in [0, 0.05) is 5.41 Å². The molecule has 1 atom stereocenters. The zero-order valence-corrected chi connectivity index (χ0v) is 7.52. The van der Waals surface area contributed by atoms with Gasteiger partial charge in [-0.25, -0.2) is 8.42 Å². The van der Waals surface area contributed by atoms with Gasteiger partial charge in [-0.05, 0) is 6.08 Å². The maximum Gasteiger partial charge on any atom is 0.471 e. The van der Waals surface area contributed by atoms with E-state index in [1.807, 2.05) is 0 Å². The van der Waals surface area contributed by atoms with Gasteiger partial charge in [0.05, 0.1) is 11.8 Å². The van der Waals surface area contributed by atoms with Gasteiger partial charge in [0.15, 0.2) is 9.84 Å². The fourth-order valence-electron chi connectivity index (χ4n) is 0.916.